The molecule has 0 saturated carbocycles. The molecule has 5 nitrogen and oxygen atoms in total. The summed E-state index contributed by atoms with van der Waals surface area (Å²) in [5, 5.41) is 10.7. The maximum absolute atomic E-state index is 5.17. The summed E-state index contributed by atoms with van der Waals surface area (Å²) in [7, 11) is 1.65. The van der Waals surface area contributed by atoms with Gasteiger partial charge in [0.25, 0.3) is 0 Å². The molecule has 0 unspecified atom stereocenters. The summed E-state index contributed by atoms with van der Waals surface area (Å²) < 4.78 is 6.95. The maximum Gasteiger partial charge on any atom is 0.118 e. The smallest absolute Gasteiger partial charge is 0.118 e. The van der Waals surface area contributed by atoms with Gasteiger partial charge in [-0.25, -0.2) is 4.68 Å². The van der Waals surface area contributed by atoms with Crippen LogP contribution in [-0.4, -0.2) is 27.1 Å². The molecule has 23 heavy (non-hydrogen) atoms. The third kappa shape index (κ3) is 2.53. The fourth-order valence-electron chi connectivity index (χ4n) is 2.50. The lowest BCUT2D eigenvalue weighted by molar-refractivity contribution is 0.415. The second kappa shape index (κ2) is 5.53. The zero-order chi connectivity index (χ0) is 15.6. The average Bonchev–Trinajstić information content (AvgIpc) is 3.11. The highest BCUT2D eigenvalue weighted by atomic mass is 16.5. The minimum Gasteiger partial charge on any atom is -0.497 e. The summed E-state index contributed by atoms with van der Waals surface area (Å²) in [6.45, 7) is 0. The molecule has 4 aromatic rings. The van der Waals surface area contributed by atoms with Gasteiger partial charge >= 0.3 is 0 Å². The summed E-state index contributed by atoms with van der Waals surface area (Å²) in [5.74, 6) is 0.823. The van der Waals surface area contributed by atoms with Crippen LogP contribution in [0, 0.1) is 0 Å². The number of aromatic nitrogens is 4. The van der Waals surface area contributed by atoms with Crippen molar-refractivity contribution >= 4 is 10.8 Å². The van der Waals surface area contributed by atoms with Crippen molar-refractivity contribution < 1.29 is 4.74 Å². The predicted octanol–water partition coefficient (Wildman–Crippen LogP) is 3.49. The largest absolute Gasteiger partial charge is 0.497 e. The number of pyridine rings is 1. The van der Waals surface area contributed by atoms with Crippen molar-refractivity contribution in [2.24, 2.45) is 0 Å². The molecule has 112 valence electrons. The summed E-state index contributed by atoms with van der Waals surface area (Å²) in [5.41, 5.74) is 2.79. The first-order valence-electron chi connectivity index (χ1n) is 7.24. The highest BCUT2D eigenvalue weighted by molar-refractivity contribution is 5.83. The maximum atomic E-state index is 5.17. The molecule has 5 heteroatoms. The number of nitrogens with zero attached hydrogens (tertiary/aromatic N) is 4. The summed E-state index contributed by atoms with van der Waals surface area (Å²) in [6, 6.07) is 15.9. The van der Waals surface area contributed by atoms with Crippen molar-refractivity contribution in [1.82, 2.24) is 20.0 Å². The van der Waals surface area contributed by atoms with E-state index in [1.807, 2.05) is 54.9 Å². The second-order valence-electron chi connectivity index (χ2n) is 5.18. The zero-order valence-corrected chi connectivity index (χ0v) is 12.5. The van der Waals surface area contributed by atoms with E-state index in [2.05, 4.69) is 21.4 Å². The Morgan fingerprint density at radius 2 is 1.83 bits per heavy atom. The minimum absolute atomic E-state index is 0.822. The van der Waals surface area contributed by atoms with E-state index in [9.17, 15) is 0 Å². The Labute approximate surface area is 133 Å². The molecule has 0 spiro atoms. The normalized spacial score (nSPS) is 10.8. The Morgan fingerprint density at radius 1 is 0.957 bits per heavy atom. The van der Waals surface area contributed by atoms with Gasteiger partial charge in [0.15, 0.2) is 0 Å². The lowest BCUT2D eigenvalue weighted by atomic mass is 10.1. The van der Waals surface area contributed by atoms with Crippen LogP contribution >= 0.6 is 0 Å². The van der Waals surface area contributed by atoms with Crippen LogP contribution in [0.1, 0.15) is 0 Å². The van der Waals surface area contributed by atoms with Crippen LogP contribution in [0.3, 0.4) is 0 Å². The monoisotopic (exact) mass is 302 g/mol. The summed E-state index contributed by atoms with van der Waals surface area (Å²) in [6.07, 6.45) is 5.56. The van der Waals surface area contributed by atoms with Crippen LogP contribution in [0.5, 0.6) is 5.75 Å². The van der Waals surface area contributed by atoms with Crippen LogP contribution in [-0.2, 0) is 0 Å². The van der Waals surface area contributed by atoms with Gasteiger partial charge in [-0.3, -0.25) is 4.98 Å². The van der Waals surface area contributed by atoms with E-state index in [0.29, 0.717) is 0 Å². The van der Waals surface area contributed by atoms with Crippen LogP contribution in [0.15, 0.2) is 67.1 Å². The molecule has 2 heterocycles. The molecule has 0 aliphatic carbocycles. The lowest BCUT2D eigenvalue weighted by Gasteiger charge is -2.02. The van der Waals surface area contributed by atoms with Gasteiger partial charge in [-0.1, -0.05) is 11.3 Å². The van der Waals surface area contributed by atoms with E-state index in [1.165, 1.54) is 0 Å². The van der Waals surface area contributed by atoms with Gasteiger partial charge in [0.2, 0.25) is 0 Å². The fourth-order valence-corrected chi connectivity index (χ4v) is 2.50. The first-order valence-corrected chi connectivity index (χ1v) is 7.24. The van der Waals surface area contributed by atoms with E-state index in [1.54, 1.807) is 18.0 Å². The van der Waals surface area contributed by atoms with E-state index in [4.69, 9.17) is 4.74 Å². The third-order valence-corrected chi connectivity index (χ3v) is 3.77. The number of hydrogen-bond acceptors (Lipinski definition) is 4. The Kier molecular flexibility index (Phi) is 3.24. The van der Waals surface area contributed by atoms with Crippen LogP contribution < -0.4 is 4.74 Å². The lowest BCUT2D eigenvalue weighted by Crippen LogP contribution is -1.94. The van der Waals surface area contributed by atoms with E-state index in [0.717, 1.165) is 33.5 Å². The predicted molar refractivity (Wildman–Crippen MR) is 88.6 cm³/mol. The van der Waals surface area contributed by atoms with E-state index in [-0.39, 0.29) is 0 Å². The molecule has 0 atom stereocenters. The van der Waals surface area contributed by atoms with Crippen LogP contribution in [0.4, 0.5) is 0 Å². The fraction of sp³-hybridized carbons (Fsp3) is 0.0556. The standard InChI is InChI=1S/C18H14N4O/c1-23-17-6-3-13(4-7-17)18-12-22(21-20-18)16-5-2-15-11-19-9-8-14(15)10-16/h2-12H,1H3. The first kappa shape index (κ1) is 13.5. The number of ether oxygens (including phenoxy) is 1. The van der Waals surface area contributed by atoms with Crippen molar-refractivity contribution in [3.63, 3.8) is 0 Å². The van der Waals surface area contributed by atoms with Gasteiger partial charge in [-0.15, -0.1) is 5.10 Å². The number of methoxy groups -OCH3 is 1. The van der Waals surface area contributed by atoms with Crippen LogP contribution in [0.2, 0.25) is 0 Å². The second-order valence-corrected chi connectivity index (χ2v) is 5.18. The number of hydrogen-bond donors (Lipinski definition) is 0. The minimum atomic E-state index is 0.822. The topological polar surface area (TPSA) is 52.8 Å². The molecule has 0 bridgehead atoms. The van der Waals surface area contributed by atoms with Gasteiger partial charge in [-0.2, -0.15) is 0 Å². The molecule has 4 rings (SSSR count). The van der Waals surface area contributed by atoms with Crippen molar-refractivity contribution in [3.05, 3.63) is 67.1 Å². The van der Waals surface area contributed by atoms with Crippen LogP contribution in [0.25, 0.3) is 27.7 Å². The molecule has 0 saturated heterocycles. The van der Waals surface area contributed by atoms with Gasteiger partial charge in [0.1, 0.15) is 11.4 Å². The molecular weight excluding hydrogens is 288 g/mol. The molecule has 0 fully saturated rings. The molecule has 0 radical (unpaired) electrons. The summed E-state index contributed by atoms with van der Waals surface area (Å²) >= 11 is 0. The molecule has 2 aromatic carbocycles. The molecule has 0 aliphatic rings. The Balaban J connectivity index is 1.70. The van der Waals surface area contributed by atoms with Gasteiger partial charge in [0.05, 0.1) is 19.0 Å². The highest BCUT2D eigenvalue weighted by Crippen LogP contribution is 2.22. The Bertz CT molecular complexity index is 960. The third-order valence-electron chi connectivity index (χ3n) is 3.77. The summed E-state index contributed by atoms with van der Waals surface area (Å²) in [4.78, 5) is 4.13. The number of fused-ring (bicyclic) bond motifs is 1. The Morgan fingerprint density at radius 3 is 2.65 bits per heavy atom. The highest BCUT2D eigenvalue weighted by Gasteiger charge is 2.06. The Hall–Kier alpha value is -3.21. The molecule has 0 amide bonds. The van der Waals surface area contributed by atoms with Crippen molar-refractivity contribution in [2.45, 2.75) is 0 Å². The zero-order valence-electron chi connectivity index (χ0n) is 12.5. The molecule has 2 aromatic heterocycles. The molecule has 0 N–H and O–H groups in total. The van der Waals surface area contributed by atoms with Gasteiger partial charge in [-0.05, 0) is 47.9 Å². The van der Waals surface area contributed by atoms with E-state index < -0.39 is 0 Å². The average molecular weight is 302 g/mol. The van der Waals surface area contributed by atoms with Crippen molar-refractivity contribution in [3.8, 4) is 22.7 Å². The van der Waals surface area contributed by atoms with E-state index >= 15 is 0 Å². The van der Waals surface area contributed by atoms with Gasteiger partial charge < -0.3 is 4.74 Å². The molecule has 0 aliphatic heterocycles. The van der Waals surface area contributed by atoms with Crippen molar-refractivity contribution in [1.29, 1.82) is 0 Å². The quantitative estimate of drug-likeness (QED) is 0.581. The van der Waals surface area contributed by atoms with Crippen molar-refractivity contribution in [2.75, 3.05) is 7.11 Å². The first-order chi connectivity index (χ1) is 11.3. The number of rotatable bonds is 3. The SMILES string of the molecule is COc1ccc(-c2cn(-c3ccc4cnccc4c3)nn2)cc1. The molecular formula is C18H14N4O. The number of benzene rings is 2. The van der Waals surface area contributed by atoms with Gasteiger partial charge in [0, 0.05) is 23.3 Å².